The lowest BCUT2D eigenvalue weighted by Crippen LogP contribution is -2.15. The van der Waals surface area contributed by atoms with Gasteiger partial charge in [-0.3, -0.25) is 9.59 Å². The second kappa shape index (κ2) is 8.38. The molecule has 2 aromatic carbocycles. The van der Waals surface area contributed by atoms with Crippen molar-refractivity contribution in [1.82, 2.24) is 0 Å². The highest BCUT2D eigenvalue weighted by Gasteiger charge is 2.15. The summed E-state index contributed by atoms with van der Waals surface area (Å²) in [6.45, 7) is 0.819. The van der Waals surface area contributed by atoms with Crippen molar-refractivity contribution in [1.29, 1.82) is 0 Å². The Hall–Kier alpha value is -3.02. The van der Waals surface area contributed by atoms with E-state index in [-0.39, 0.29) is 18.8 Å². The molecule has 0 saturated carbocycles. The van der Waals surface area contributed by atoms with Crippen LogP contribution in [0.5, 0.6) is 17.2 Å². The molecule has 0 radical (unpaired) electrons. The molecule has 0 saturated heterocycles. The Morgan fingerprint density at radius 1 is 1.00 bits per heavy atom. The average Bonchev–Trinajstić information content (AvgIpc) is 2.91. The number of ether oxygens (including phenoxy) is 4. The third-order valence-electron chi connectivity index (χ3n) is 3.94. The summed E-state index contributed by atoms with van der Waals surface area (Å²) >= 11 is 0. The summed E-state index contributed by atoms with van der Waals surface area (Å²) in [6, 6.07) is 12.1. The number of hydrogen-bond acceptors (Lipinski definition) is 6. The maximum absolute atomic E-state index is 12.3. The molecule has 2 aromatic rings. The number of carbonyl (C=O) groups is 2. The van der Waals surface area contributed by atoms with Gasteiger partial charge in [0.2, 0.25) is 0 Å². The van der Waals surface area contributed by atoms with Crippen LogP contribution in [-0.4, -0.2) is 38.7 Å². The smallest absolute Gasteiger partial charge is 0.310 e. The summed E-state index contributed by atoms with van der Waals surface area (Å²) in [5.74, 6) is 1.13. The van der Waals surface area contributed by atoms with E-state index in [0.29, 0.717) is 36.0 Å². The Morgan fingerprint density at radius 2 is 1.73 bits per heavy atom. The third kappa shape index (κ3) is 4.53. The number of benzene rings is 2. The molecule has 1 aliphatic rings. The molecule has 136 valence electrons. The lowest BCUT2D eigenvalue weighted by atomic mass is 10.1. The Balaban J connectivity index is 1.54. The number of esters is 1. The van der Waals surface area contributed by atoms with E-state index in [2.05, 4.69) is 0 Å². The van der Waals surface area contributed by atoms with Gasteiger partial charge >= 0.3 is 5.97 Å². The van der Waals surface area contributed by atoms with Crippen LogP contribution in [0.1, 0.15) is 22.3 Å². The lowest BCUT2D eigenvalue weighted by molar-refractivity contribution is -0.141. The van der Waals surface area contributed by atoms with Gasteiger partial charge in [0.1, 0.15) is 5.75 Å². The van der Waals surface area contributed by atoms with Crippen LogP contribution in [-0.2, 0) is 16.0 Å². The molecular weight excluding hydrogens is 336 g/mol. The quantitative estimate of drug-likeness (QED) is 0.585. The fraction of sp³-hybridized carbons (Fsp3) is 0.300. The Morgan fingerprint density at radius 3 is 2.46 bits per heavy atom. The summed E-state index contributed by atoms with van der Waals surface area (Å²) in [6.07, 6.45) is 0.888. The Labute approximate surface area is 151 Å². The summed E-state index contributed by atoms with van der Waals surface area (Å²) in [4.78, 5) is 24.2. The number of fused-ring (bicyclic) bond motifs is 1. The number of rotatable bonds is 6. The minimum atomic E-state index is -0.460. The number of hydrogen-bond donors (Lipinski definition) is 0. The topological polar surface area (TPSA) is 71.1 Å². The molecule has 0 fully saturated rings. The zero-order valence-electron chi connectivity index (χ0n) is 14.5. The molecule has 26 heavy (non-hydrogen) atoms. The zero-order valence-corrected chi connectivity index (χ0v) is 14.5. The molecule has 6 nitrogen and oxygen atoms in total. The highest BCUT2D eigenvalue weighted by atomic mass is 16.5. The molecule has 0 amide bonds. The lowest BCUT2D eigenvalue weighted by Gasteiger charge is -2.09. The second-order valence-electron chi connectivity index (χ2n) is 5.82. The van der Waals surface area contributed by atoms with Crippen LogP contribution >= 0.6 is 0 Å². The maximum atomic E-state index is 12.3. The summed E-state index contributed by atoms with van der Waals surface area (Å²) in [5, 5.41) is 0. The van der Waals surface area contributed by atoms with Gasteiger partial charge in [0, 0.05) is 12.0 Å². The third-order valence-corrected chi connectivity index (χ3v) is 3.94. The van der Waals surface area contributed by atoms with Crippen molar-refractivity contribution in [2.45, 2.75) is 12.8 Å². The molecule has 0 atom stereocenters. The van der Waals surface area contributed by atoms with Gasteiger partial charge < -0.3 is 18.9 Å². The van der Waals surface area contributed by atoms with Gasteiger partial charge in [0.25, 0.3) is 0 Å². The number of carbonyl (C=O) groups excluding carboxylic acids is 2. The Kier molecular flexibility index (Phi) is 5.73. The van der Waals surface area contributed by atoms with Crippen LogP contribution in [0.3, 0.4) is 0 Å². The largest absolute Gasteiger partial charge is 0.497 e. The van der Waals surface area contributed by atoms with Crippen molar-refractivity contribution in [2.75, 3.05) is 26.9 Å². The normalized spacial score (nSPS) is 12.8. The molecular formula is C20H20O6. The van der Waals surface area contributed by atoms with Gasteiger partial charge in [-0.1, -0.05) is 12.1 Å². The first kappa shape index (κ1) is 17.8. The predicted octanol–water partition coefficient (Wildman–Crippen LogP) is 2.83. The molecule has 1 aliphatic heterocycles. The molecule has 0 N–H and O–H groups in total. The predicted molar refractivity (Wildman–Crippen MR) is 94.0 cm³/mol. The number of ketones is 1. The van der Waals surface area contributed by atoms with E-state index < -0.39 is 5.97 Å². The van der Waals surface area contributed by atoms with Crippen molar-refractivity contribution in [2.24, 2.45) is 0 Å². The summed E-state index contributed by atoms with van der Waals surface area (Å²) < 4.78 is 21.3. The monoisotopic (exact) mass is 356 g/mol. The van der Waals surface area contributed by atoms with Crippen molar-refractivity contribution in [3.63, 3.8) is 0 Å². The zero-order chi connectivity index (χ0) is 18.4. The van der Waals surface area contributed by atoms with E-state index in [0.717, 1.165) is 12.0 Å². The van der Waals surface area contributed by atoms with E-state index in [9.17, 15) is 9.59 Å². The van der Waals surface area contributed by atoms with E-state index in [4.69, 9.17) is 18.9 Å². The minimum absolute atomic E-state index is 0.0956. The average molecular weight is 356 g/mol. The number of Topliss-reactive ketones (excluding diaryl/α,β-unsaturated/α-hetero) is 1. The van der Waals surface area contributed by atoms with Crippen LogP contribution in [0.4, 0.5) is 0 Å². The Bertz CT molecular complexity index is 781. The highest BCUT2D eigenvalue weighted by Crippen LogP contribution is 2.30. The molecule has 0 spiro atoms. The van der Waals surface area contributed by atoms with Crippen LogP contribution in [0.25, 0.3) is 0 Å². The van der Waals surface area contributed by atoms with E-state index in [1.54, 1.807) is 49.6 Å². The summed E-state index contributed by atoms with van der Waals surface area (Å²) in [7, 11) is 1.58. The molecule has 0 bridgehead atoms. The van der Waals surface area contributed by atoms with Crippen molar-refractivity contribution in [3.8, 4) is 17.2 Å². The van der Waals surface area contributed by atoms with Crippen molar-refractivity contribution >= 4 is 11.8 Å². The van der Waals surface area contributed by atoms with Crippen molar-refractivity contribution < 1.29 is 28.5 Å². The van der Waals surface area contributed by atoms with E-state index in [1.165, 1.54) is 0 Å². The van der Waals surface area contributed by atoms with Gasteiger partial charge in [-0.15, -0.1) is 0 Å². The van der Waals surface area contributed by atoms with Crippen LogP contribution in [0.15, 0.2) is 42.5 Å². The molecule has 0 unspecified atom stereocenters. The molecule has 0 aliphatic carbocycles. The molecule has 1 heterocycles. The van der Waals surface area contributed by atoms with Crippen LogP contribution in [0, 0.1) is 0 Å². The first-order chi connectivity index (χ1) is 12.7. The van der Waals surface area contributed by atoms with Gasteiger partial charge in [-0.25, -0.2) is 0 Å². The first-order valence-electron chi connectivity index (χ1n) is 8.37. The van der Waals surface area contributed by atoms with Gasteiger partial charge in [0.15, 0.2) is 23.9 Å². The first-order valence-corrected chi connectivity index (χ1v) is 8.37. The van der Waals surface area contributed by atoms with Crippen molar-refractivity contribution in [3.05, 3.63) is 53.6 Å². The van der Waals surface area contributed by atoms with Gasteiger partial charge in [-0.05, 0) is 35.9 Å². The molecule has 3 rings (SSSR count). The van der Waals surface area contributed by atoms with E-state index >= 15 is 0 Å². The number of methoxy groups -OCH3 is 1. The van der Waals surface area contributed by atoms with Crippen LogP contribution < -0.4 is 14.2 Å². The van der Waals surface area contributed by atoms with Crippen LogP contribution in [0.2, 0.25) is 0 Å². The highest BCUT2D eigenvalue weighted by molar-refractivity contribution is 5.98. The molecule has 0 aromatic heterocycles. The fourth-order valence-corrected chi connectivity index (χ4v) is 2.53. The van der Waals surface area contributed by atoms with Gasteiger partial charge in [-0.2, -0.15) is 0 Å². The molecule has 6 heteroatoms. The van der Waals surface area contributed by atoms with E-state index in [1.807, 2.05) is 0 Å². The second-order valence-corrected chi connectivity index (χ2v) is 5.82. The maximum Gasteiger partial charge on any atom is 0.310 e. The van der Waals surface area contributed by atoms with Gasteiger partial charge in [0.05, 0.1) is 26.7 Å². The summed E-state index contributed by atoms with van der Waals surface area (Å²) in [5.41, 5.74) is 1.21. The minimum Gasteiger partial charge on any atom is -0.497 e. The SMILES string of the molecule is COc1ccc(CC(=O)OCC(=O)c2ccc3c(c2)OCCCO3)cc1. The fourth-order valence-electron chi connectivity index (χ4n) is 2.53. The standard InChI is InChI=1S/C20H20O6/c1-23-16-6-3-14(4-7-16)11-20(22)26-13-17(21)15-5-8-18-19(12-15)25-10-2-9-24-18/h3-8,12H,2,9-11,13H2,1H3.